The number of aromatic nitrogens is 6. The Morgan fingerprint density at radius 3 is 2.46 bits per heavy atom. The Morgan fingerprint density at radius 2 is 1.75 bits per heavy atom. The van der Waals surface area contributed by atoms with Crippen LogP contribution < -0.4 is 21.6 Å². The van der Waals surface area contributed by atoms with Gasteiger partial charge in [-0.1, -0.05) is 23.3 Å². The molecule has 0 aliphatic heterocycles. The number of nitrogens with one attached hydrogen (secondary N) is 1. The summed E-state index contributed by atoms with van der Waals surface area (Å²) >= 11 is 0. The van der Waals surface area contributed by atoms with Crippen molar-refractivity contribution in [3.05, 3.63) is 64.1 Å². The van der Waals surface area contributed by atoms with Crippen LogP contribution in [0.15, 0.2) is 47.3 Å². The first-order valence-corrected chi connectivity index (χ1v) is 8.67. The van der Waals surface area contributed by atoms with Crippen molar-refractivity contribution in [2.24, 2.45) is 14.1 Å². The maximum Gasteiger partial charge on any atom is 0.328 e. The van der Waals surface area contributed by atoms with E-state index in [1.54, 1.807) is 23.2 Å². The first-order chi connectivity index (χ1) is 13.5. The highest BCUT2D eigenvalue weighted by Crippen LogP contribution is 2.18. The summed E-state index contributed by atoms with van der Waals surface area (Å²) in [5.41, 5.74) is 12.4. The zero-order valence-corrected chi connectivity index (χ0v) is 15.5. The fourth-order valence-corrected chi connectivity index (χ4v) is 2.99. The minimum Gasteiger partial charge on any atom is -0.489 e. The summed E-state index contributed by atoms with van der Waals surface area (Å²) in [7, 11) is 3.54. The predicted octanol–water partition coefficient (Wildman–Crippen LogP) is 0.768. The van der Waals surface area contributed by atoms with Crippen LogP contribution in [0.4, 0.5) is 5.95 Å². The monoisotopic (exact) mass is 380 g/mol. The highest BCUT2D eigenvalue weighted by Gasteiger charge is 2.08. The van der Waals surface area contributed by atoms with E-state index >= 15 is 0 Å². The SMILES string of the molecule is Cn1c(=O)n(C)c2cc(COc3ccc(CNn4nnnc4N)cc3)ccc21. The van der Waals surface area contributed by atoms with Crippen LogP contribution in [0.5, 0.6) is 5.75 Å². The number of aryl methyl sites for hydroxylation is 2. The number of imidazole rings is 1. The molecule has 3 N–H and O–H groups in total. The van der Waals surface area contributed by atoms with Crippen molar-refractivity contribution >= 4 is 17.0 Å². The van der Waals surface area contributed by atoms with Gasteiger partial charge in [0.15, 0.2) is 0 Å². The van der Waals surface area contributed by atoms with Gasteiger partial charge in [-0.15, -0.1) is 4.79 Å². The molecule has 2 aromatic carbocycles. The second-order valence-electron chi connectivity index (χ2n) is 6.44. The molecule has 0 radical (unpaired) electrons. The number of rotatable bonds is 6. The van der Waals surface area contributed by atoms with Crippen LogP contribution in [-0.4, -0.2) is 29.5 Å². The van der Waals surface area contributed by atoms with Crippen LogP contribution in [-0.2, 0) is 27.2 Å². The summed E-state index contributed by atoms with van der Waals surface area (Å²) in [5, 5.41) is 10.8. The molecule has 0 amide bonds. The third kappa shape index (κ3) is 3.27. The summed E-state index contributed by atoms with van der Waals surface area (Å²) in [6.07, 6.45) is 0. The van der Waals surface area contributed by atoms with Crippen molar-refractivity contribution in [3.63, 3.8) is 0 Å². The van der Waals surface area contributed by atoms with Crippen molar-refractivity contribution in [1.82, 2.24) is 29.5 Å². The van der Waals surface area contributed by atoms with Crippen LogP contribution in [0.2, 0.25) is 0 Å². The standard InChI is InChI=1S/C18H20N8O2/c1-24-15-8-5-13(9-16(15)25(2)18(24)27)11-28-14-6-3-12(4-7-14)10-20-26-17(19)21-22-23-26/h3-9,20H,10-11H2,1-2H3,(H2,19,21,23). The van der Waals surface area contributed by atoms with Gasteiger partial charge < -0.3 is 15.9 Å². The third-order valence-corrected chi connectivity index (χ3v) is 4.59. The van der Waals surface area contributed by atoms with E-state index in [-0.39, 0.29) is 11.6 Å². The van der Waals surface area contributed by atoms with Crippen molar-refractivity contribution in [2.45, 2.75) is 13.2 Å². The molecule has 144 valence electrons. The van der Waals surface area contributed by atoms with E-state index in [1.807, 2.05) is 42.5 Å². The molecule has 0 spiro atoms. The average Bonchev–Trinajstić information content (AvgIpc) is 3.22. The van der Waals surface area contributed by atoms with E-state index in [2.05, 4.69) is 21.0 Å². The summed E-state index contributed by atoms with van der Waals surface area (Å²) in [5.74, 6) is 0.959. The second kappa shape index (κ2) is 7.06. The summed E-state index contributed by atoms with van der Waals surface area (Å²) in [6, 6.07) is 13.6. The topological polar surface area (TPSA) is 118 Å². The number of fused-ring (bicyclic) bond motifs is 1. The van der Waals surface area contributed by atoms with Gasteiger partial charge in [0.2, 0.25) is 0 Å². The lowest BCUT2D eigenvalue weighted by molar-refractivity contribution is 0.306. The minimum absolute atomic E-state index is 0.0410. The largest absolute Gasteiger partial charge is 0.489 e. The normalized spacial score (nSPS) is 11.1. The molecule has 0 fully saturated rings. The molecule has 4 aromatic rings. The molecule has 2 heterocycles. The lowest BCUT2D eigenvalue weighted by Crippen LogP contribution is -2.19. The first kappa shape index (κ1) is 17.6. The molecule has 0 aliphatic carbocycles. The number of ether oxygens (including phenoxy) is 1. The Balaban J connectivity index is 1.39. The van der Waals surface area contributed by atoms with Crippen LogP contribution in [0.1, 0.15) is 11.1 Å². The van der Waals surface area contributed by atoms with Gasteiger partial charge in [-0.05, 0) is 45.8 Å². The Hall–Kier alpha value is -3.82. The Kier molecular flexibility index (Phi) is 4.44. The number of hydrogen-bond donors (Lipinski definition) is 2. The van der Waals surface area contributed by atoms with Crippen LogP contribution >= 0.6 is 0 Å². The Morgan fingerprint density at radius 1 is 1.04 bits per heavy atom. The van der Waals surface area contributed by atoms with Crippen molar-refractivity contribution in [3.8, 4) is 5.75 Å². The minimum atomic E-state index is -0.0410. The zero-order valence-electron chi connectivity index (χ0n) is 15.5. The molecule has 0 saturated heterocycles. The van der Waals surface area contributed by atoms with Gasteiger partial charge >= 0.3 is 5.69 Å². The van der Waals surface area contributed by atoms with Gasteiger partial charge in [0, 0.05) is 14.1 Å². The number of nitrogens with two attached hydrogens (primary N) is 1. The van der Waals surface area contributed by atoms with Crippen LogP contribution in [0, 0.1) is 0 Å². The van der Waals surface area contributed by atoms with Gasteiger partial charge in [-0.3, -0.25) is 9.13 Å². The van der Waals surface area contributed by atoms with E-state index in [9.17, 15) is 4.79 Å². The van der Waals surface area contributed by atoms with Crippen molar-refractivity contribution < 1.29 is 4.74 Å². The number of anilines is 1. The first-order valence-electron chi connectivity index (χ1n) is 8.67. The van der Waals surface area contributed by atoms with Gasteiger partial charge in [-0.2, -0.15) is 0 Å². The van der Waals surface area contributed by atoms with Gasteiger partial charge in [-0.25, -0.2) is 4.79 Å². The predicted molar refractivity (Wildman–Crippen MR) is 104 cm³/mol. The average molecular weight is 380 g/mol. The number of nitrogen functional groups attached to an aromatic ring is 1. The Bertz CT molecular complexity index is 1170. The molecule has 2 aromatic heterocycles. The number of tetrazole rings is 1. The molecule has 0 aliphatic rings. The molecular formula is C18H20N8O2. The van der Waals surface area contributed by atoms with Crippen molar-refractivity contribution in [1.29, 1.82) is 0 Å². The smallest absolute Gasteiger partial charge is 0.328 e. The van der Waals surface area contributed by atoms with Gasteiger partial charge in [0.25, 0.3) is 5.95 Å². The molecule has 0 atom stereocenters. The number of nitrogens with zero attached hydrogens (tertiary/aromatic N) is 6. The van der Waals surface area contributed by atoms with Gasteiger partial charge in [0.1, 0.15) is 12.4 Å². The fraction of sp³-hybridized carbons (Fsp3) is 0.222. The summed E-state index contributed by atoms with van der Waals surface area (Å²) < 4.78 is 9.14. The lowest BCUT2D eigenvalue weighted by atomic mass is 10.2. The maximum absolute atomic E-state index is 12.0. The highest BCUT2D eigenvalue weighted by atomic mass is 16.5. The molecule has 0 saturated carbocycles. The van der Waals surface area contributed by atoms with Crippen LogP contribution in [0.3, 0.4) is 0 Å². The van der Waals surface area contributed by atoms with Crippen molar-refractivity contribution in [2.75, 3.05) is 11.2 Å². The van der Waals surface area contributed by atoms with Crippen LogP contribution in [0.25, 0.3) is 11.0 Å². The van der Waals surface area contributed by atoms with E-state index in [1.165, 1.54) is 4.79 Å². The summed E-state index contributed by atoms with van der Waals surface area (Å²) in [4.78, 5) is 13.3. The Labute approximate surface area is 160 Å². The third-order valence-electron chi connectivity index (χ3n) is 4.59. The molecule has 0 unspecified atom stereocenters. The number of benzene rings is 2. The second-order valence-corrected chi connectivity index (χ2v) is 6.44. The molecule has 10 nitrogen and oxygen atoms in total. The lowest BCUT2D eigenvalue weighted by Gasteiger charge is -2.09. The zero-order chi connectivity index (χ0) is 19.7. The summed E-state index contributed by atoms with van der Waals surface area (Å²) in [6.45, 7) is 0.937. The highest BCUT2D eigenvalue weighted by molar-refractivity contribution is 5.76. The van der Waals surface area contributed by atoms with E-state index in [0.717, 1.165) is 27.9 Å². The molecular weight excluding hydrogens is 360 g/mol. The molecule has 4 rings (SSSR count). The molecule has 10 heteroatoms. The molecule has 0 bridgehead atoms. The fourth-order valence-electron chi connectivity index (χ4n) is 2.99. The quantitative estimate of drug-likeness (QED) is 0.507. The number of hydrogen-bond acceptors (Lipinski definition) is 7. The van der Waals surface area contributed by atoms with E-state index in [0.29, 0.717) is 13.2 Å². The van der Waals surface area contributed by atoms with Gasteiger partial charge in [0.05, 0.1) is 17.6 Å². The molecule has 28 heavy (non-hydrogen) atoms. The van der Waals surface area contributed by atoms with E-state index < -0.39 is 0 Å². The maximum atomic E-state index is 12.0. The van der Waals surface area contributed by atoms with E-state index in [4.69, 9.17) is 10.5 Å².